The van der Waals surface area contributed by atoms with Crippen LogP contribution in [0.1, 0.15) is 18.2 Å². The van der Waals surface area contributed by atoms with Gasteiger partial charge in [-0.2, -0.15) is 0 Å². The Morgan fingerprint density at radius 2 is 1.55 bits per heavy atom. The molecule has 0 amide bonds. The van der Waals surface area contributed by atoms with E-state index in [9.17, 15) is 4.79 Å². The lowest BCUT2D eigenvalue weighted by Crippen LogP contribution is -2.19. The van der Waals surface area contributed by atoms with Gasteiger partial charge in [-0.1, -0.05) is 18.2 Å². The van der Waals surface area contributed by atoms with Crippen LogP contribution >= 0.6 is 0 Å². The SMILES string of the molecule is COc1ccc(Nc2ccc(N=C(C)c3c(C)[nH]n(-c4ccccc4)c3=O)cc2)cc1. The van der Waals surface area contributed by atoms with Crippen LogP contribution in [0.25, 0.3) is 5.69 Å². The van der Waals surface area contributed by atoms with Crippen molar-refractivity contribution in [1.29, 1.82) is 0 Å². The Morgan fingerprint density at radius 3 is 2.16 bits per heavy atom. The van der Waals surface area contributed by atoms with Gasteiger partial charge in [-0.25, -0.2) is 4.68 Å². The summed E-state index contributed by atoms with van der Waals surface area (Å²) >= 11 is 0. The van der Waals surface area contributed by atoms with E-state index in [0.29, 0.717) is 11.3 Å². The standard InChI is InChI=1S/C25H24N4O2/c1-17(24-18(2)28-29(25(24)30)22-7-5-4-6-8-22)26-19-9-11-20(12-10-19)27-21-13-15-23(31-3)16-14-21/h4-16,27-28H,1-3H3. The highest BCUT2D eigenvalue weighted by Crippen LogP contribution is 2.23. The second-order valence-corrected chi connectivity index (χ2v) is 7.19. The van der Waals surface area contributed by atoms with E-state index in [-0.39, 0.29) is 5.56 Å². The molecule has 0 bridgehead atoms. The number of nitrogens with zero attached hydrogens (tertiary/aromatic N) is 2. The van der Waals surface area contributed by atoms with Crippen LogP contribution in [0.3, 0.4) is 0 Å². The van der Waals surface area contributed by atoms with Crippen molar-refractivity contribution in [3.05, 3.63) is 100 Å². The zero-order valence-electron chi connectivity index (χ0n) is 17.7. The minimum Gasteiger partial charge on any atom is -0.497 e. The molecule has 0 saturated heterocycles. The molecule has 156 valence electrons. The number of aryl methyl sites for hydroxylation is 1. The van der Waals surface area contributed by atoms with Crippen molar-refractivity contribution in [3.8, 4) is 11.4 Å². The predicted molar refractivity (Wildman–Crippen MR) is 126 cm³/mol. The lowest BCUT2D eigenvalue weighted by molar-refractivity contribution is 0.415. The number of aliphatic imine (C=N–C) groups is 1. The van der Waals surface area contributed by atoms with E-state index in [2.05, 4.69) is 15.4 Å². The number of hydrogen-bond donors (Lipinski definition) is 2. The largest absolute Gasteiger partial charge is 0.497 e. The van der Waals surface area contributed by atoms with E-state index in [4.69, 9.17) is 4.74 Å². The van der Waals surface area contributed by atoms with Gasteiger partial charge in [0, 0.05) is 17.1 Å². The normalized spacial score (nSPS) is 11.4. The van der Waals surface area contributed by atoms with Gasteiger partial charge >= 0.3 is 0 Å². The minimum atomic E-state index is -0.109. The van der Waals surface area contributed by atoms with E-state index in [0.717, 1.165) is 34.2 Å². The van der Waals surface area contributed by atoms with Crippen LogP contribution in [-0.2, 0) is 0 Å². The number of ether oxygens (including phenoxy) is 1. The number of aromatic amines is 1. The van der Waals surface area contributed by atoms with Crippen LogP contribution in [0.15, 0.2) is 88.6 Å². The van der Waals surface area contributed by atoms with Crippen molar-refractivity contribution < 1.29 is 4.74 Å². The van der Waals surface area contributed by atoms with Crippen LogP contribution in [0.2, 0.25) is 0 Å². The fraction of sp³-hybridized carbons (Fsp3) is 0.120. The van der Waals surface area contributed by atoms with Gasteiger partial charge in [-0.3, -0.25) is 14.9 Å². The first-order valence-electron chi connectivity index (χ1n) is 9.99. The maximum Gasteiger partial charge on any atom is 0.280 e. The molecule has 0 fully saturated rings. The summed E-state index contributed by atoms with van der Waals surface area (Å²) < 4.78 is 6.73. The van der Waals surface area contributed by atoms with Crippen molar-refractivity contribution in [2.75, 3.05) is 12.4 Å². The van der Waals surface area contributed by atoms with Gasteiger partial charge in [0.2, 0.25) is 0 Å². The third-order valence-electron chi connectivity index (χ3n) is 4.99. The Hall–Kier alpha value is -4.06. The summed E-state index contributed by atoms with van der Waals surface area (Å²) in [5.41, 5.74) is 5.43. The summed E-state index contributed by atoms with van der Waals surface area (Å²) in [6.45, 7) is 3.74. The van der Waals surface area contributed by atoms with E-state index in [1.807, 2.05) is 92.7 Å². The Bertz CT molecular complexity index is 1250. The molecule has 0 unspecified atom stereocenters. The van der Waals surface area contributed by atoms with E-state index >= 15 is 0 Å². The molecule has 0 spiro atoms. The highest BCUT2D eigenvalue weighted by Gasteiger charge is 2.15. The Balaban J connectivity index is 1.55. The lowest BCUT2D eigenvalue weighted by Gasteiger charge is -2.08. The summed E-state index contributed by atoms with van der Waals surface area (Å²) in [6.07, 6.45) is 0. The molecule has 1 aromatic heterocycles. The summed E-state index contributed by atoms with van der Waals surface area (Å²) in [5.74, 6) is 0.817. The van der Waals surface area contributed by atoms with Gasteiger partial charge in [0.1, 0.15) is 5.75 Å². The predicted octanol–water partition coefficient (Wildman–Crippen LogP) is 5.37. The summed E-state index contributed by atoms with van der Waals surface area (Å²) in [5, 5.41) is 6.49. The van der Waals surface area contributed by atoms with Crippen LogP contribution in [0.4, 0.5) is 17.1 Å². The Labute approximate surface area is 180 Å². The summed E-state index contributed by atoms with van der Waals surface area (Å²) in [6, 6.07) is 25.0. The zero-order valence-corrected chi connectivity index (χ0v) is 17.7. The molecule has 2 N–H and O–H groups in total. The van der Waals surface area contributed by atoms with Gasteiger partial charge in [-0.05, 0) is 74.5 Å². The van der Waals surface area contributed by atoms with Crippen LogP contribution < -0.4 is 15.6 Å². The first kappa shape index (κ1) is 20.2. The van der Waals surface area contributed by atoms with E-state index in [1.165, 1.54) is 0 Å². The molecular weight excluding hydrogens is 388 g/mol. The highest BCUT2D eigenvalue weighted by atomic mass is 16.5. The molecule has 0 aliphatic rings. The summed E-state index contributed by atoms with van der Waals surface area (Å²) in [4.78, 5) is 17.6. The number of H-pyrrole nitrogens is 1. The van der Waals surface area contributed by atoms with Crippen molar-refractivity contribution in [3.63, 3.8) is 0 Å². The molecule has 0 aliphatic carbocycles. The van der Waals surface area contributed by atoms with Gasteiger partial charge in [0.15, 0.2) is 0 Å². The number of benzene rings is 3. The molecule has 4 rings (SSSR count). The third-order valence-corrected chi connectivity index (χ3v) is 4.99. The first-order valence-corrected chi connectivity index (χ1v) is 9.99. The topological polar surface area (TPSA) is 71.4 Å². The van der Waals surface area contributed by atoms with Crippen LogP contribution in [0, 0.1) is 6.92 Å². The van der Waals surface area contributed by atoms with Crippen LogP contribution in [0.5, 0.6) is 5.75 Å². The number of hydrogen-bond acceptors (Lipinski definition) is 4. The van der Waals surface area contributed by atoms with Crippen molar-refractivity contribution in [2.24, 2.45) is 4.99 Å². The molecule has 4 aromatic rings. The molecule has 0 radical (unpaired) electrons. The number of rotatable bonds is 6. The van der Waals surface area contributed by atoms with Crippen molar-refractivity contribution in [1.82, 2.24) is 9.78 Å². The van der Waals surface area contributed by atoms with Gasteiger partial charge in [0.25, 0.3) is 5.56 Å². The van der Waals surface area contributed by atoms with Gasteiger partial charge in [0.05, 0.1) is 29.8 Å². The number of nitrogens with one attached hydrogen (secondary N) is 2. The molecule has 0 saturated carbocycles. The molecule has 6 nitrogen and oxygen atoms in total. The number of aromatic nitrogens is 2. The summed E-state index contributed by atoms with van der Waals surface area (Å²) in [7, 11) is 1.65. The molecule has 1 heterocycles. The molecule has 6 heteroatoms. The fourth-order valence-corrected chi connectivity index (χ4v) is 3.44. The average molecular weight is 412 g/mol. The zero-order chi connectivity index (χ0) is 21.8. The maximum absolute atomic E-state index is 13.0. The maximum atomic E-state index is 13.0. The second-order valence-electron chi connectivity index (χ2n) is 7.19. The number of methoxy groups -OCH3 is 1. The lowest BCUT2D eigenvalue weighted by atomic mass is 10.1. The minimum absolute atomic E-state index is 0.109. The van der Waals surface area contributed by atoms with E-state index in [1.54, 1.807) is 11.8 Å². The van der Waals surface area contributed by atoms with Gasteiger partial charge < -0.3 is 10.1 Å². The quantitative estimate of drug-likeness (QED) is 0.419. The fourth-order valence-electron chi connectivity index (χ4n) is 3.44. The van der Waals surface area contributed by atoms with E-state index < -0.39 is 0 Å². The molecule has 0 atom stereocenters. The van der Waals surface area contributed by atoms with Gasteiger partial charge in [-0.15, -0.1) is 0 Å². The Kier molecular flexibility index (Phi) is 5.71. The smallest absolute Gasteiger partial charge is 0.280 e. The monoisotopic (exact) mass is 412 g/mol. The van der Waals surface area contributed by atoms with Crippen LogP contribution in [-0.4, -0.2) is 22.6 Å². The second kappa shape index (κ2) is 8.75. The number of anilines is 2. The average Bonchev–Trinajstić information content (AvgIpc) is 3.10. The molecule has 0 aliphatic heterocycles. The molecule has 31 heavy (non-hydrogen) atoms. The Morgan fingerprint density at radius 1 is 0.935 bits per heavy atom. The third kappa shape index (κ3) is 4.43. The first-order chi connectivity index (χ1) is 15.0. The molecular formula is C25H24N4O2. The highest BCUT2D eigenvalue weighted by molar-refractivity contribution is 6.01. The van der Waals surface area contributed by atoms with Crippen molar-refractivity contribution >= 4 is 22.8 Å². The molecule has 3 aromatic carbocycles. The number of para-hydroxylation sites is 1. The van der Waals surface area contributed by atoms with Crippen molar-refractivity contribution in [2.45, 2.75) is 13.8 Å².